The van der Waals surface area contributed by atoms with Gasteiger partial charge in [0.2, 0.25) is 0 Å². The van der Waals surface area contributed by atoms with Crippen LogP contribution in [-0.2, 0) is 6.61 Å². The molecule has 0 fully saturated rings. The smallest absolute Gasteiger partial charge is 0.181 e. The van der Waals surface area contributed by atoms with Crippen LogP contribution in [0.1, 0.15) is 17.1 Å². The van der Waals surface area contributed by atoms with Crippen LogP contribution in [-0.4, -0.2) is 30.5 Å². The lowest BCUT2D eigenvalue weighted by Crippen LogP contribution is -1.87. The van der Waals surface area contributed by atoms with Gasteiger partial charge in [-0.15, -0.1) is 0 Å². The van der Waals surface area contributed by atoms with Gasteiger partial charge in [0.1, 0.15) is 17.9 Å². The first kappa shape index (κ1) is 16.1. The van der Waals surface area contributed by atoms with Crippen LogP contribution in [0.3, 0.4) is 0 Å². The lowest BCUT2D eigenvalue weighted by molar-refractivity contribution is 0.272. The van der Waals surface area contributed by atoms with Gasteiger partial charge >= 0.3 is 0 Å². The lowest BCUT2D eigenvalue weighted by atomic mass is 10.1. The van der Waals surface area contributed by atoms with Crippen LogP contribution in [0, 0.1) is 11.6 Å². The topological polar surface area (TPSA) is 90.5 Å². The highest BCUT2D eigenvalue weighted by atomic mass is 19.1. The molecule has 0 aliphatic rings. The first-order valence-corrected chi connectivity index (χ1v) is 7.78. The minimum Gasteiger partial charge on any atom is -0.388 e. The van der Waals surface area contributed by atoms with Crippen LogP contribution in [0.2, 0.25) is 0 Å². The quantitative estimate of drug-likeness (QED) is 0.525. The molecule has 130 valence electrons. The zero-order valence-electron chi connectivity index (χ0n) is 13.4. The van der Waals surface area contributed by atoms with Crippen molar-refractivity contribution >= 4 is 23.1 Å². The number of rotatable bonds is 4. The van der Waals surface area contributed by atoms with E-state index in [-0.39, 0.29) is 23.8 Å². The number of aromatic nitrogens is 5. The van der Waals surface area contributed by atoms with Crippen molar-refractivity contribution in [3.8, 4) is 11.4 Å². The molecule has 2 aromatic carbocycles. The number of aliphatic hydroxyl groups is 1. The summed E-state index contributed by atoms with van der Waals surface area (Å²) < 4.78 is 27.7. The van der Waals surface area contributed by atoms with Crippen molar-refractivity contribution in [2.75, 3.05) is 0 Å². The van der Waals surface area contributed by atoms with Crippen LogP contribution in [0.5, 0.6) is 0 Å². The number of nitrogens with zero attached hydrogens (tertiary/aromatic N) is 3. The van der Waals surface area contributed by atoms with Gasteiger partial charge in [-0.2, -0.15) is 10.2 Å². The third kappa shape index (κ3) is 2.98. The number of halogens is 2. The second-order valence-electron chi connectivity index (χ2n) is 5.64. The zero-order chi connectivity index (χ0) is 18.1. The van der Waals surface area contributed by atoms with E-state index in [9.17, 15) is 8.78 Å². The normalized spacial score (nSPS) is 11.7. The van der Waals surface area contributed by atoms with Crippen molar-refractivity contribution in [2.24, 2.45) is 0 Å². The molecule has 4 rings (SSSR count). The van der Waals surface area contributed by atoms with Crippen molar-refractivity contribution in [3.63, 3.8) is 0 Å². The lowest BCUT2D eigenvalue weighted by Gasteiger charge is -1.98. The van der Waals surface area contributed by atoms with E-state index in [2.05, 4.69) is 25.4 Å². The van der Waals surface area contributed by atoms with Gasteiger partial charge in [-0.3, -0.25) is 10.2 Å². The number of aromatic amines is 2. The number of hydrogen-bond donors (Lipinski definition) is 3. The highest BCUT2D eigenvalue weighted by Gasteiger charge is 2.14. The number of fused-ring (bicyclic) bond motifs is 1. The zero-order valence-corrected chi connectivity index (χ0v) is 13.4. The molecule has 0 bridgehead atoms. The molecular weight excluding hydrogens is 340 g/mol. The Hall–Kier alpha value is -3.39. The molecule has 2 aromatic heterocycles. The Kier molecular flexibility index (Phi) is 4.02. The molecule has 26 heavy (non-hydrogen) atoms. The van der Waals surface area contributed by atoms with Crippen molar-refractivity contribution in [1.82, 2.24) is 25.4 Å². The summed E-state index contributed by atoms with van der Waals surface area (Å²) in [6, 6.07) is 9.12. The minimum absolute atomic E-state index is 0.186. The highest BCUT2D eigenvalue weighted by Crippen LogP contribution is 2.27. The van der Waals surface area contributed by atoms with Gasteiger partial charge in [0.15, 0.2) is 17.5 Å². The van der Waals surface area contributed by atoms with Crippen LogP contribution < -0.4 is 0 Å². The van der Waals surface area contributed by atoms with E-state index < -0.39 is 5.82 Å². The van der Waals surface area contributed by atoms with Crippen molar-refractivity contribution in [2.45, 2.75) is 6.61 Å². The van der Waals surface area contributed by atoms with E-state index >= 15 is 0 Å². The van der Waals surface area contributed by atoms with Gasteiger partial charge < -0.3 is 5.11 Å². The third-order valence-corrected chi connectivity index (χ3v) is 3.87. The standard InChI is InChI=1S/C18H13F2N5O/c19-12-3-1-2-10(6-12)4-5-15-13-7-11(8-14(20)17(13)24-22-15)18-21-16(9-26)23-25-18/h1-8,26H,9H2,(H,22,24)(H,21,23,25)/b5-4+. The molecule has 2 heterocycles. The van der Waals surface area contributed by atoms with E-state index in [4.69, 9.17) is 5.11 Å². The van der Waals surface area contributed by atoms with E-state index in [0.29, 0.717) is 28.0 Å². The van der Waals surface area contributed by atoms with E-state index in [1.807, 2.05) is 0 Å². The second-order valence-corrected chi connectivity index (χ2v) is 5.64. The fraction of sp³-hybridized carbons (Fsp3) is 0.0556. The average Bonchev–Trinajstić information content (AvgIpc) is 3.27. The Morgan fingerprint density at radius 1 is 1.04 bits per heavy atom. The SMILES string of the molecule is OCc1nc(-c2cc(F)c3n[nH]c(/C=C/c4cccc(F)c4)c3c2)n[nH]1. The van der Waals surface area contributed by atoms with Gasteiger partial charge in [0, 0.05) is 10.9 Å². The van der Waals surface area contributed by atoms with Gasteiger partial charge in [0.05, 0.1) is 5.69 Å². The molecule has 0 saturated carbocycles. The van der Waals surface area contributed by atoms with Gasteiger partial charge in [0.25, 0.3) is 0 Å². The molecule has 3 N–H and O–H groups in total. The van der Waals surface area contributed by atoms with Gasteiger partial charge in [-0.05, 0) is 35.9 Å². The number of nitrogens with one attached hydrogen (secondary N) is 2. The van der Waals surface area contributed by atoms with Crippen LogP contribution >= 0.6 is 0 Å². The Balaban J connectivity index is 1.76. The number of aliphatic hydroxyl groups excluding tert-OH is 1. The minimum atomic E-state index is -0.519. The molecule has 0 radical (unpaired) electrons. The van der Waals surface area contributed by atoms with Crippen molar-refractivity contribution in [3.05, 3.63) is 65.1 Å². The molecule has 0 aliphatic heterocycles. The molecule has 8 heteroatoms. The summed E-state index contributed by atoms with van der Waals surface area (Å²) in [7, 11) is 0. The Bertz CT molecular complexity index is 1120. The van der Waals surface area contributed by atoms with Crippen molar-refractivity contribution in [1.29, 1.82) is 0 Å². The van der Waals surface area contributed by atoms with E-state index in [0.717, 1.165) is 0 Å². The third-order valence-electron chi connectivity index (χ3n) is 3.87. The summed E-state index contributed by atoms with van der Waals surface area (Å²) in [5, 5.41) is 22.9. The largest absolute Gasteiger partial charge is 0.388 e. The maximum atomic E-state index is 14.4. The Morgan fingerprint density at radius 2 is 1.92 bits per heavy atom. The molecule has 0 aliphatic carbocycles. The number of hydrogen-bond acceptors (Lipinski definition) is 4. The summed E-state index contributed by atoms with van der Waals surface area (Å²) in [4.78, 5) is 4.09. The van der Waals surface area contributed by atoms with Crippen LogP contribution in [0.25, 0.3) is 34.4 Å². The first-order chi connectivity index (χ1) is 12.6. The summed E-state index contributed by atoms with van der Waals surface area (Å²) >= 11 is 0. The van der Waals surface area contributed by atoms with E-state index in [1.165, 1.54) is 18.2 Å². The fourth-order valence-corrected chi connectivity index (χ4v) is 2.64. The molecule has 0 spiro atoms. The predicted octanol–water partition coefficient (Wildman–Crippen LogP) is 3.29. The number of H-pyrrole nitrogens is 2. The first-order valence-electron chi connectivity index (χ1n) is 7.78. The molecule has 0 amide bonds. The van der Waals surface area contributed by atoms with E-state index in [1.54, 1.807) is 30.4 Å². The predicted molar refractivity (Wildman–Crippen MR) is 92.7 cm³/mol. The van der Waals surface area contributed by atoms with Gasteiger partial charge in [-0.25, -0.2) is 13.8 Å². The maximum absolute atomic E-state index is 14.4. The molecule has 0 atom stereocenters. The molecule has 0 saturated heterocycles. The monoisotopic (exact) mass is 353 g/mol. The maximum Gasteiger partial charge on any atom is 0.181 e. The second kappa shape index (κ2) is 6.49. The van der Waals surface area contributed by atoms with Crippen LogP contribution in [0.15, 0.2) is 36.4 Å². The van der Waals surface area contributed by atoms with Gasteiger partial charge in [-0.1, -0.05) is 18.2 Å². The molecular formula is C18H13F2N5O. The average molecular weight is 353 g/mol. The van der Waals surface area contributed by atoms with Crippen LogP contribution in [0.4, 0.5) is 8.78 Å². The molecule has 0 unspecified atom stereocenters. The number of benzene rings is 2. The molecule has 6 nitrogen and oxygen atoms in total. The summed E-state index contributed by atoms with van der Waals surface area (Å²) in [5.41, 5.74) is 1.88. The highest BCUT2D eigenvalue weighted by molar-refractivity contribution is 5.92. The summed E-state index contributed by atoms with van der Waals surface area (Å²) in [6.07, 6.45) is 3.40. The summed E-state index contributed by atoms with van der Waals surface area (Å²) in [6.45, 7) is -0.287. The summed E-state index contributed by atoms with van der Waals surface area (Å²) in [5.74, 6) is -0.288. The Labute approximate surface area is 146 Å². The Morgan fingerprint density at radius 3 is 2.69 bits per heavy atom. The fourth-order valence-electron chi connectivity index (χ4n) is 2.64. The molecule has 4 aromatic rings. The van der Waals surface area contributed by atoms with Crippen molar-refractivity contribution < 1.29 is 13.9 Å².